The molecule has 2 heterocycles. The molecule has 1 N–H and O–H groups in total. The summed E-state index contributed by atoms with van der Waals surface area (Å²) >= 11 is 1.24. The molecule has 68 valence electrons. The van der Waals surface area contributed by atoms with Crippen LogP contribution in [0.5, 0.6) is 0 Å². The second-order valence-electron chi connectivity index (χ2n) is 2.43. The molecular formula is C8H5N5S. The van der Waals surface area contributed by atoms with Crippen LogP contribution in [0.15, 0.2) is 23.7 Å². The predicted molar refractivity (Wildman–Crippen MR) is 52.1 cm³/mol. The minimum atomic E-state index is 0.487. The van der Waals surface area contributed by atoms with E-state index in [2.05, 4.69) is 19.9 Å². The van der Waals surface area contributed by atoms with E-state index in [9.17, 15) is 0 Å². The Morgan fingerprint density at radius 1 is 1.50 bits per heavy atom. The van der Waals surface area contributed by atoms with Crippen molar-refractivity contribution < 1.29 is 0 Å². The Kier molecular flexibility index (Phi) is 2.34. The number of aromatic nitrogens is 3. The van der Waals surface area contributed by atoms with Crippen LogP contribution < -0.4 is 5.32 Å². The largest absolute Gasteiger partial charge is 0.322 e. The second-order valence-corrected chi connectivity index (χ2v) is 3.04. The molecule has 0 aliphatic carbocycles. The summed E-state index contributed by atoms with van der Waals surface area (Å²) in [6.07, 6.45) is 1.61. The third kappa shape index (κ3) is 1.67. The van der Waals surface area contributed by atoms with Crippen LogP contribution in [0.2, 0.25) is 0 Å². The minimum absolute atomic E-state index is 0.487. The van der Waals surface area contributed by atoms with Gasteiger partial charge in [0, 0.05) is 6.20 Å². The SMILES string of the molecule is N#Cc1cccnc1Nc1csnn1. The maximum absolute atomic E-state index is 8.78. The van der Waals surface area contributed by atoms with Crippen molar-refractivity contribution in [1.82, 2.24) is 14.6 Å². The number of hydrogen-bond acceptors (Lipinski definition) is 6. The zero-order valence-electron chi connectivity index (χ0n) is 7.01. The van der Waals surface area contributed by atoms with E-state index >= 15 is 0 Å². The molecule has 0 saturated carbocycles. The maximum Gasteiger partial charge on any atom is 0.166 e. The first-order valence-electron chi connectivity index (χ1n) is 3.79. The summed E-state index contributed by atoms with van der Waals surface area (Å²) in [6.45, 7) is 0. The van der Waals surface area contributed by atoms with Crippen LogP contribution in [0, 0.1) is 11.3 Å². The molecule has 0 amide bonds. The average molecular weight is 203 g/mol. The van der Waals surface area contributed by atoms with Crippen molar-refractivity contribution in [3.8, 4) is 6.07 Å². The Hall–Kier alpha value is -2.00. The highest BCUT2D eigenvalue weighted by Crippen LogP contribution is 2.15. The van der Waals surface area contributed by atoms with Gasteiger partial charge in [-0.05, 0) is 23.7 Å². The Morgan fingerprint density at radius 2 is 2.43 bits per heavy atom. The van der Waals surface area contributed by atoms with Crippen LogP contribution >= 0.6 is 11.5 Å². The molecular weight excluding hydrogens is 198 g/mol. The first-order valence-corrected chi connectivity index (χ1v) is 4.63. The number of anilines is 2. The number of nitriles is 1. The van der Waals surface area contributed by atoms with Gasteiger partial charge in [0.15, 0.2) is 5.82 Å². The van der Waals surface area contributed by atoms with Crippen LogP contribution in [-0.4, -0.2) is 14.6 Å². The van der Waals surface area contributed by atoms with Crippen molar-refractivity contribution in [2.24, 2.45) is 0 Å². The van der Waals surface area contributed by atoms with Crippen LogP contribution in [-0.2, 0) is 0 Å². The second kappa shape index (κ2) is 3.81. The van der Waals surface area contributed by atoms with E-state index in [0.29, 0.717) is 17.2 Å². The van der Waals surface area contributed by atoms with E-state index in [1.165, 1.54) is 11.5 Å². The molecule has 0 fully saturated rings. The van der Waals surface area contributed by atoms with E-state index in [0.717, 1.165) is 0 Å². The summed E-state index contributed by atoms with van der Waals surface area (Å²) in [7, 11) is 0. The van der Waals surface area contributed by atoms with Gasteiger partial charge in [-0.15, -0.1) is 5.10 Å². The molecule has 0 spiro atoms. The molecule has 5 nitrogen and oxygen atoms in total. The molecule has 0 aliphatic rings. The molecule has 6 heteroatoms. The predicted octanol–water partition coefficient (Wildman–Crippen LogP) is 1.55. The summed E-state index contributed by atoms with van der Waals surface area (Å²) in [5, 5.41) is 17.2. The number of hydrogen-bond donors (Lipinski definition) is 1. The third-order valence-electron chi connectivity index (χ3n) is 1.53. The Balaban J connectivity index is 2.30. The smallest absolute Gasteiger partial charge is 0.166 e. The van der Waals surface area contributed by atoms with Gasteiger partial charge in [-0.25, -0.2) is 4.98 Å². The summed E-state index contributed by atoms with van der Waals surface area (Å²) in [6, 6.07) is 5.44. The standard InChI is InChI=1S/C8H5N5S/c9-4-6-2-1-3-10-8(6)11-7-5-14-13-12-7/h1-3,5H,(H,10,11). The molecule has 0 aromatic carbocycles. The van der Waals surface area contributed by atoms with Crippen molar-refractivity contribution >= 4 is 23.2 Å². The van der Waals surface area contributed by atoms with Crippen LogP contribution in [0.3, 0.4) is 0 Å². The zero-order valence-corrected chi connectivity index (χ0v) is 7.82. The normalized spacial score (nSPS) is 9.36. The van der Waals surface area contributed by atoms with Gasteiger partial charge < -0.3 is 5.32 Å². The lowest BCUT2D eigenvalue weighted by Crippen LogP contribution is -1.96. The lowest BCUT2D eigenvalue weighted by Gasteiger charge is -2.01. The van der Waals surface area contributed by atoms with Gasteiger partial charge in [0.1, 0.15) is 11.9 Å². The van der Waals surface area contributed by atoms with Gasteiger partial charge in [-0.1, -0.05) is 4.49 Å². The molecule has 0 atom stereocenters. The van der Waals surface area contributed by atoms with Gasteiger partial charge in [-0.2, -0.15) is 5.26 Å². The van der Waals surface area contributed by atoms with Gasteiger partial charge in [0.25, 0.3) is 0 Å². The van der Waals surface area contributed by atoms with Crippen LogP contribution in [0.4, 0.5) is 11.6 Å². The highest BCUT2D eigenvalue weighted by Gasteiger charge is 2.03. The first kappa shape index (κ1) is 8.59. The van der Waals surface area contributed by atoms with E-state index < -0.39 is 0 Å². The van der Waals surface area contributed by atoms with Crippen molar-refractivity contribution in [2.45, 2.75) is 0 Å². The minimum Gasteiger partial charge on any atom is -0.322 e. The van der Waals surface area contributed by atoms with E-state index in [1.807, 2.05) is 6.07 Å². The fourth-order valence-electron chi connectivity index (χ4n) is 0.936. The Bertz CT molecular complexity index is 459. The highest BCUT2D eigenvalue weighted by molar-refractivity contribution is 7.03. The zero-order chi connectivity index (χ0) is 9.80. The summed E-state index contributed by atoms with van der Waals surface area (Å²) in [5.74, 6) is 1.10. The summed E-state index contributed by atoms with van der Waals surface area (Å²) < 4.78 is 3.69. The van der Waals surface area contributed by atoms with Crippen molar-refractivity contribution in [3.63, 3.8) is 0 Å². The van der Waals surface area contributed by atoms with Crippen molar-refractivity contribution in [2.75, 3.05) is 5.32 Å². The molecule has 0 radical (unpaired) electrons. The number of rotatable bonds is 2. The highest BCUT2D eigenvalue weighted by atomic mass is 32.1. The van der Waals surface area contributed by atoms with Crippen molar-refractivity contribution in [3.05, 3.63) is 29.3 Å². The topological polar surface area (TPSA) is 74.5 Å². The van der Waals surface area contributed by atoms with E-state index in [1.54, 1.807) is 23.7 Å². The van der Waals surface area contributed by atoms with Gasteiger partial charge in [0.05, 0.1) is 10.9 Å². The van der Waals surface area contributed by atoms with Gasteiger partial charge in [-0.3, -0.25) is 0 Å². The van der Waals surface area contributed by atoms with Gasteiger partial charge in [0.2, 0.25) is 0 Å². The van der Waals surface area contributed by atoms with Crippen LogP contribution in [0.1, 0.15) is 5.56 Å². The Labute approximate surface area is 84.2 Å². The number of nitrogens with zero attached hydrogens (tertiary/aromatic N) is 4. The Morgan fingerprint density at radius 3 is 3.14 bits per heavy atom. The van der Waals surface area contributed by atoms with E-state index in [4.69, 9.17) is 5.26 Å². The quantitative estimate of drug-likeness (QED) is 0.801. The molecule has 2 rings (SSSR count). The lowest BCUT2D eigenvalue weighted by molar-refractivity contribution is 1.14. The number of pyridine rings is 1. The monoisotopic (exact) mass is 203 g/mol. The maximum atomic E-state index is 8.78. The van der Waals surface area contributed by atoms with Crippen molar-refractivity contribution in [1.29, 1.82) is 5.26 Å². The molecule has 0 aliphatic heterocycles. The molecule has 2 aromatic rings. The molecule has 0 unspecified atom stereocenters. The first-order chi connectivity index (χ1) is 6.90. The molecule has 14 heavy (non-hydrogen) atoms. The molecule has 0 bridgehead atoms. The molecule has 2 aromatic heterocycles. The van der Waals surface area contributed by atoms with Crippen LogP contribution in [0.25, 0.3) is 0 Å². The fraction of sp³-hybridized carbons (Fsp3) is 0. The molecule has 0 saturated heterocycles. The lowest BCUT2D eigenvalue weighted by atomic mass is 10.3. The third-order valence-corrected chi connectivity index (χ3v) is 2.04. The summed E-state index contributed by atoms with van der Waals surface area (Å²) in [5.41, 5.74) is 0.487. The van der Waals surface area contributed by atoms with Gasteiger partial charge >= 0.3 is 0 Å². The average Bonchev–Trinajstić information content (AvgIpc) is 2.71. The fourth-order valence-corrected chi connectivity index (χ4v) is 1.32. The number of nitrogens with one attached hydrogen (secondary N) is 1. The summed E-state index contributed by atoms with van der Waals surface area (Å²) in [4.78, 5) is 4.03. The van der Waals surface area contributed by atoms with E-state index in [-0.39, 0.29) is 0 Å².